The zero-order valence-electron chi connectivity index (χ0n) is 27.8. The van der Waals surface area contributed by atoms with Gasteiger partial charge in [0.25, 0.3) is 0 Å². The molecule has 1 fully saturated rings. The van der Waals surface area contributed by atoms with Crippen LogP contribution in [0.2, 0.25) is 0 Å². The molecule has 1 saturated heterocycles. The first-order valence-electron chi connectivity index (χ1n) is 15.6. The van der Waals surface area contributed by atoms with E-state index in [2.05, 4.69) is 18.7 Å². The van der Waals surface area contributed by atoms with Crippen molar-refractivity contribution in [1.29, 1.82) is 0 Å². The SMILES string of the molecule is Cc1cc(-c2cnc(C)c([C@H](OC(C)(C)C)C(=O)OC(C)C)c2N2CCC(C)(C)CC2)ncc1OCCc1ccc(F)cc1. The van der Waals surface area contributed by atoms with Crippen LogP contribution >= 0.6 is 0 Å². The lowest BCUT2D eigenvalue weighted by atomic mass is 9.82. The summed E-state index contributed by atoms with van der Waals surface area (Å²) in [5.41, 5.74) is 5.51. The number of carbonyl (C=O) groups is 1. The lowest BCUT2D eigenvalue weighted by Crippen LogP contribution is -2.39. The predicted octanol–water partition coefficient (Wildman–Crippen LogP) is 7.96. The summed E-state index contributed by atoms with van der Waals surface area (Å²) in [6, 6.07) is 8.47. The molecule has 0 saturated carbocycles. The highest BCUT2D eigenvalue weighted by Gasteiger charge is 2.37. The van der Waals surface area contributed by atoms with E-state index in [0.717, 1.165) is 65.3 Å². The van der Waals surface area contributed by atoms with Crippen molar-refractivity contribution < 1.29 is 23.4 Å². The van der Waals surface area contributed by atoms with E-state index in [9.17, 15) is 9.18 Å². The Labute approximate surface area is 262 Å². The highest BCUT2D eigenvalue weighted by atomic mass is 19.1. The van der Waals surface area contributed by atoms with Gasteiger partial charge in [0.2, 0.25) is 0 Å². The van der Waals surface area contributed by atoms with Gasteiger partial charge in [0.05, 0.1) is 35.9 Å². The number of pyridine rings is 2. The summed E-state index contributed by atoms with van der Waals surface area (Å²) in [5, 5.41) is 0. The predicted molar refractivity (Wildman–Crippen MR) is 173 cm³/mol. The minimum absolute atomic E-state index is 0.235. The third kappa shape index (κ3) is 8.56. The molecule has 7 nitrogen and oxygen atoms in total. The van der Waals surface area contributed by atoms with Gasteiger partial charge in [0.15, 0.2) is 6.10 Å². The maximum Gasteiger partial charge on any atom is 0.340 e. The van der Waals surface area contributed by atoms with Gasteiger partial charge in [-0.3, -0.25) is 9.97 Å². The van der Waals surface area contributed by atoms with Crippen molar-refractivity contribution in [2.75, 3.05) is 24.6 Å². The molecule has 0 unspecified atom stereocenters. The van der Waals surface area contributed by atoms with Gasteiger partial charge in [0.1, 0.15) is 11.6 Å². The summed E-state index contributed by atoms with van der Waals surface area (Å²) in [6.45, 7) is 20.2. The number of ether oxygens (including phenoxy) is 3. The summed E-state index contributed by atoms with van der Waals surface area (Å²) < 4.78 is 31.5. The van der Waals surface area contributed by atoms with E-state index in [4.69, 9.17) is 24.2 Å². The zero-order chi connectivity index (χ0) is 32.2. The Balaban J connectivity index is 1.75. The van der Waals surface area contributed by atoms with E-state index >= 15 is 0 Å². The third-order valence-electron chi connectivity index (χ3n) is 7.92. The van der Waals surface area contributed by atoms with Crippen molar-refractivity contribution in [1.82, 2.24) is 9.97 Å². The third-order valence-corrected chi connectivity index (χ3v) is 7.92. The number of hydrogen-bond donors (Lipinski definition) is 0. The molecule has 0 radical (unpaired) electrons. The fourth-order valence-corrected chi connectivity index (χ4v) is 5.43. The van der Waals surface area contributed by atoms with E-state index in [-0.39, 0.29) is 17.3 Å². The Morgan fingerprint density at radius 3 is 2.30 bits per heavy atom. The Morgan fingerprint density at radius 1 is 1.05 bits per heavy atom. The highest BCUT2D eigenvalue weighted by molar-refractivity contribution is 5.86. The monoisotopic (exact) mass is 605 g/mol. The van der Waals surface area contributed by atoms with Crippen LogP contribution < -0.4 is 9.64 Å². The smallest absolute Gasteiger partial charge is 0.340 e. The second-order valence-electron chi connectivity index (χ2n) is 13.8. The molecule has 44 heavy (non-hydrogen) atoms. The molecule has 0 spiro atoms. The molecule has 0 amide bonds. The average molecular weight is 606 g/mol. The number of carbonyl (C=O) groups excluding carboxylic acids is 1. The van der Waals surface area contributed by atoms with Crippen molar-refractivity contribution in [3.05, 3.63) is 70.9 Å². The van der Waals surface area contributed by atoms with Gasteiger partial charge < -0.3 is 19.1 Å². The molecule has 8 heteroatoms. The van der Waals surface area contributed by atoms with Crippen molar-refractivity contribution in [3.63, 3.8) is 0 Å². The summed E-state index contributed by atoms with van der Waals surface area (Å²) in [6.07, 6.45) is 5.04. The number of aromatic nitrogens is 2. The summed E-state index contributed by atoms with van der Waals surface area (Å²) in [7, 11) is 0. The largest absolute Gasteiger partial charge is 0.491 e. The van der Waals surface area contributed by atoms with Crippen molar-refractivity contribution in [2.45, 2.75) is 99.4 Å². The van der Waals surface area contributed by atoms with E-state index in [1.807, 2.05) is 60.7 Å². The molecule has 3 heterocycles. The lowest BCUT2D eigenvalue weighted by Gasteiger charge is -2.41. The Hall–Kier alpha value is -3.52. The number of nitrogens with zero attached hydrogens (tertiary/aromatic N) is 3. The van der Waals surface area contributed by atoms with Crippen LogP contribution in [0.3, 0.4) is 0 Å². The quantitative estimate of drug-likeness (QED) is 0.217. The number of piperidine rings is 1. The van der Waals surface area contributed by atoms with Crippen LogP contribution in [-0.4, -0.2) is 47.3 Å². The van der Waals surface area contributed by atoms with Gasteiger partial charge in [-0.2, -0.15) is 0 Å². The van der Waals surface area contributed by atoms with Crippen LogP contribution in [0.4, 0.5) is 10.1 Å². The molecule has 1 aliphatic heterocycles. The normalized spacial score (nSPS) is 15.8. The van der Waals surface area contributed by atoms with E-state index in [1.54, 1.807) is 18.3 Å². The number of halogens is 1. The highest BCUT2D eigenvalue weighted by Crippen LogP contribution is 2.43. The Kier molecular flexibility index (Phi) is 10.3. The number of aryl methyl sites for hydroxylation is 2. The molecular weight excluding hydrogens is 557 g/mol. The molecule has 1 aromatic carbocycles. The van der Waals surface area contributed by atoms with E-state index in [0.29, 0.717) is 18.8 Å². The van der Waals surface area contributed by atoms with Crippen molar-refractivity contribution in [2.24, 2.45) is 5.41 Å². The molecule has 3 aromatic rings. The van der Waals surface area contributed by atoms with E-state index < -0.39 is 17.7 Å². The second-order valence-corrected chi connectivity index (χ2v) is 13.8. The zero-order valence-corrected chi connectivity index (χ0v) is 27.8. The van der Waals surface area contributed by atoms with Crippen LogP contribution in [0.25, 0.3) is 11.3 Å². The second kappa shape index (κ2) is 13.6. The molecule has 1 aliphatic rings. The van der Waals surface area contributed by atoms with Gasteiger partial charge in [-0.1, -0.05) is 26.0 Å². The van der Waals surface area contributed by atoms with Gasteiger partial charge in [-0.05, 0) is 96.0 Å². The molecule has 0 bridgehead atoms. The first kappa shape index (κ1) is 33.4. The topological polar surface area (TPSA) is 73.8 Å². The summed E-state index contributed by atoms with van der Waals surface area (Å²) >= 11 is 0. The van der Waals surface area contributed by atoms with E-state index in [1.165, 1.54) is 12.1 Å². The van der Waals surface area contributed by atoms with Gasteiger partial charge >= 0.3 is 5.97 Å². The maximum atomic E-state index is 13.6. The Morgan fingerprint density at radius 2 is 1.70 bits per heavy atom. The molecule has 238 valence electrons. The van der Waals surface area contributed by atoms with Crippen LogP contribution in [0.1, 0.15) is 89.8 Å². The van der Waals surface area contributed by atoms with Crippen LogP contribution in [0, 0.1) is 25.1 Å². The van der Waals surface area contributed by atoms with Gasteiger partial charge in [0, 0.05) is 42.5 Å². The minimum Gasteiger partial charge on any atom is -0.491 e. The molecule has 2 aromatic heterocycles. The lowest BCUT2D eigenvalue weighted by molar-refractivity contribution is -0.171. The number of hydrogen-bond acceptors (Lipinski definition) is 7. The van der Waals surface area contributed by atoms with Gasteiger partial charge in [-0.15, -0.1) is 0 Å². The van der Waals surface area contributed by atoms with Crippen molar-refractivity contribution >= 4 is 11.7 Å². The number of anilines is 1. The molecule has 1 atom stereocenters. The molecular formula is C36H48FN3O4. The number of esters is 1. The first-order valence-corrected chi connectivity index (χ1v) is 15.6. The molecule has 0 N–H and O–H groups in total. The summed E-state index contributed by atoms with van der Waals surface area (Å²) in [4.78, 5) is 25.6. The van der Waals surface area contributed by atoms with Crippen LogP contribution in [0.15, 0.2) is 42.7 Å². The Bertz CT molecular complexity index is 1440. The number of rotatable bonds is 10. The van der Waals surface area contributed by atoms with Crippen LogP contribution in [0.5, 0.6) is 5.75 Å². The number of benzene rings is 1. The average Bonchev–Trinajstić information content (AvgIpc) is 2.93. The minimum atomic E-state index is -0.954. The van der Waals surface area contributed by atoms with Crippen LogP contribution in [-0.2, 0) is 20.7 Å². The maximum absolute atomic E-state index is 13.6. The summed E-state index contributed by atoms with van der Waals surface area (Å²) in [5.74, 6) is 0.0104. The first-order chi connectivity index (χ1) is 20.6. The molecule has 4 rings (SSSR count). The van der Waals surface area contributed by atoms with Crippen molar-refractivity contribution in [3.8, 4) is 17.0 Å². The fraction of sp³-hybridized carbons (Fsp3) is 0.528. The standard InChI is InChI=1S/C36H48FN3O4/c1-23(2)43-34(41)33(44-35(5,6)7)31-25(4)38-21-28(32(31)40-17-15-36(8,9)16-18-40)29-20-24(3)30(22-39-29)42-19-14-26-10-12-27(37)13-11-26/h10-13,20-23,33H,14-19H2,1-9H3/t33-/m0/s1. The molecule has 0 aliphatic carbocycles. The fourth-order valence-electron chi connectivity index (χ4n) is 5.43. The van der Waals surface area contributed by atoms with Gasteiger partial charge in [-0.25, -0.2) is 9.18 Å².